The molecule has 0 amide bonds. The highest BCUT2D eigenvalue weighted by molar-refractivity contribution is 5.74. The molecule has 0 aliphatic heterocycles. The van der Waals surface area contributed by atoms with E-state index in [1.807, 2.05) is 18.2 Å². The molecule has 6 nitrogen and oxygen atoms in total. The third-order valence-electron chi connectivity index (χ3n) is 3.68. The molecule has 2 aromatic carbocycles. The van der Waals surface area contributed by atoms with Crippen LogP contribution in [0.2, 0.25) is 0 Å². The quantitative estimate of drug-likeness (QED) is 0.470. The number of halogens is 1. The number of ether oxygens (including phenoxy) is 1. The van der Waals surface area contributed by atoms with Gasteiger partial charge in [-0.05, 0) is 42.8 Å². The molecule has 1 heterocycles. The molecule has 1 aromatic heterocycles. The lowest BCUT2D eigenvalue weighted by molar-refractivity contribution is -0.386. The number of benzene rings is 2. The molecule has 0 radical (unpaired) electrons. The first-order valence-electron chi connectivity index (χ1n) is 7.79. The largest absolute Gasteiger partial charge is 0.488 e. The van der Waals surface area contributed by atoms with E-state index in [0.717, 1.165) is 11.1 Å². The fourth-order valence-corrected chi connectivity index (χ4v) is 2.37. The van der Waals surface area contributed by atoms with E-state index in [4.69, 9.17) is 9.26 Å². The van der Waals surface area contributed by atoms with Crippen molar-refractivity contribution in [2.75, 3.05) is 0 Å². The van der Waals surface area contributed by atoms with Crippen LogP contribution in [0.25, 0.3) is 12.2 Å². The predicted molar refractivity (Wildman–Crippen MR) is 94.0 cm³/mol. The molecule has 0 saturated heterocycles. The van der Waals surface area contributed by atoms with Gasteiger partial charge < -0.3 is 9.26 Å². The molecule has 0 aliphatic carbocycles. The fourth-order valence-electron chi connectivity index (χ4n) is 2.37. The molecule has 0 bridgehead atoms. The van der Waals surface area contributed by atoms with Gasteiger partial charge in [0.2, 0.25) is 5.76 Å². The van der Waals surface area contributed by atoms with E-state index in [2.05, 4.69) is 5.16 Å². The molecule has 0 fully saturated rings. The van der Waals surface area contributed by atoms with Crippen molar-refractivity contribution < 1.29 is 18.6 Å². The lowest BCUT2D eigenvalue weighted by atomic mass is 10.1. The van der Waals surface area contributed by atoms with Crippen LogP contribution in [0, 0.1) is 22.9 Å². The van der Waals surface area contributed by atoms with E-state index < -0.39 is 4.92 Å². The summed E-state index contributed by atoms with van der Waals surface area (Å²) >= 11 is 0. The van der Waals surface area contributed by atoms with Gasteiger partial charge in [-0.15, -0.1) is 0 Å². The smallest absolute Gasteiger partial charge is 0.338 e. The van der Waals surface area contributed by atoms with Crippen LogP contribution < -0.4 is 4.74 Å². The second-order valence-corrected chi connectivity index (χ2v) is 5.52. The molecule has 0 N–H and O–H groups in total. The van der Waals surface area contributed by atoms with E-state index in [1.54, 1.807) is 24.3 Å². The van der Waals surface area contributed by atoms with E-state index in [0.29, 0.717) is 5.75 Å². The highest BCUT2D eigenvalue weighted by atomic mass is 19.1. The number of nitrogens with zero attached hydrogens (tertiary/aromatic N) is 2. The Labute approximate surface area is 148 Å². The van der Waals surface area contributed by atoms with Gasteiger partial charge in [0.15, 0.2) is 5.69 Å². The molecule has 7 heteroatoms. The fraction of sp³-hybridized carbons (Fsp3) is 0.105. The van der Waals surface area contributed by atoms with Crippen molar-refractivity contribution in [1.29, 1.82) is 0 Å². The number of aryl methyl sites for hydroxylation is 1. The minimum atomic E-state index is -0.525. The number of hydrogen-bond donors (Lipinski definition) is 0. The molecule has 26 heavy (non-hydrogen) atoms. The maximum atomic E-state index is 13.0. The highest BCUT2D eigenvalue weighted by Gasteiger charge is 2.21. The van der Waals surface area contributed by atoms with Crippen molar-refractivity contribution in [3.8, 4) is 5.75 Å². The standard InChI is InChI=1S/C19H15FN2O4/c1-13-19(22(23)24)18(26-21-13)11-8-15-4-2-3-5-17(15)25-12-14-6-9-16(20)10-7-14/h2-11H,12H2,1H3/b11-8+. The van der Waals surface area contributed by atoms with Crippen molar-refractivity contribution in [2.45, 2.75) is 13.5 Å². The maximum Gasteiger partial charge on any atom is 0.338 e. The topological polar surface area (TPSA) is 78.4 Å². The van der Waals surface area contributed by atoms with Gasteiger partial charge in [-0.3, -0.25) is 10.1 Å². The normalized spacial score (nSPS) is 11.0. The van der Waals surface area contributed by atoms with Crippen molar-refractivity contribution in [3.63, 3.8) is 0 Å². The molecule has 0 atom stereocenters. The molecule has 0 aliphatic rings. The van der Waals surface area contributed by atoms with Gasteiger partial charge in [0.25, 0.3) is 0 Å². The minimum Gasteiger partial charge on any atom is -0.488 e. The second kappa shape index (κ2) is 7.60. The average Bonchev–Trinajstić information content (AvgIpc) is 3.01. The highest BCUT2D eigenvalue weighted by Crippen LogP contribution is 2.27. The summed E-state index contributed by atoms with van der Waals surface area (Å²) in [6.45, 7) is 1.78. The minimum absolute atomic E-state index is 0.0702. The van der Waals surface area contributed by atoms with Crippen LogP contribution in [0.4, 0.5) is 10.1 Å². The Morgan fingerprint density at radius 1 is 1.19 bits per heavy atom. The third kappa shape index (κ3) is 3.94. The zero-order valence-electron chi connectivity index (χ0n) is 13.9. The van der Waals surface area contributed by atoms with Gasteiger partial charge in [0.1, 0.15) is 18.2 Å². The molecular formula is C19H15FN2O4. The molecule has 0 spiro atoms. The Kier molecular flexibility index (Phi) is 5.07. The summed E-state index contributed by atoms with van der Waals surface area (Å²) in [6, 6.07) is 13.3. The van der Waals surface area contributed by atoms with Crippen LogP contribution in [-0.4, -0.2) is 10.1 Å². The van der Waals surface area contributed by atoms with E-state index in [-0.39, 0.29) is 29.6 Å². The van der Waals surface area contributed by atoms with Gasteiger partial charge in [0, 0.05) is 5.56 Å². The Balaban J connectivity index is 1.79. The molecule has 0 saturated carbocycles. The van der Waals surface area contributed by atoms with E-state index in [9.17, 15) is 14.5 Å². The number of nitro groups is 1. The molecule has 3 rings (SSSR count). The molecule has 132 valence electrons. The SMILES string of the molecule is Cc1noc(/C=C/c2ccccc2OCc2ccc(F)cc2)c1[N+](=O)[O-]. The van der Waals surface area contributed by atoms with Gasteiger partial charge in [0.05, 0.1) is 4.92 Å². The van der Waals surface area contributed by atoms with Crippen molar-refractivity contribution in [1.82, 2.24) is 5.16 Å². The van der Waals surface area contributed by atoms with Crippen molar-refractivity contribution in [3.05, 3.63) is 87.0 Å². The first-order chi connectivity index (χ1) is 12.5. The summed E-state index contributed by atoms with van der Waals surface area (Å²) < 4.78 is 23.7. The number of para-hydroxylation sites is 1. The van der Waals surface area contributed by atoms with Crippen LogP contribution in [0.1, 0.15) is 22.6 Å². The van der Waals surface area contributed by atoms with Crippen LogP contribution in [0.3, 0.4) is 0 Å². The van der Waals surface area contributed by atoms with Crippen molar-refractivity contribution in [2.24, 2.45) is 0 Å². The van der Waals surface area contributed by atoms with E-state index >= 15 is 0 Å². The zero-order valence-corrected chi connectivity index (χ0v) is 13.9. The maximum absolute atomic E-state index is 13.0. The lowest BCUT2D eigenvalue weighted by Crippen LogP contribution is -1.97. The summed E-state index contributed by atoms with van der Waals surface area (Å²) in [6.07, 6.45) is 3.14. The number of aromatic nitrogens is 1. The van der Waals surface area contributed by atoms with E-state index in [1.165, 1.54) is 25.1 Å². The van der Waals surface area contributed by atoms with Crippen LogP contribution >= 0.6 is 0 Å². The summed E-state index contributed by atoms with van der Waals surface area (Å²) in [5.41, 5.74) is 1.60. The molecular weight excluding hydrogens is 339 g/mol. The first-order valence-corrected chi connectivity index (χ1v) is 7.79. The van der Waals surface area contributed by atoms with Crippen molar-refractivity contribution >= 4 is 17.8 Å². The van der Waals surface area contributed by atoms with Gasteiger partial charge in [-0.1, -0.05) is 35.5 Å². The third-order valence-corrected chi connectivity index (χ3v) is 3.68. The average molecular weight is 354 g/mol. The summed E-state index contributed by atoms with van der Waals surface area (Å²) in [5, 5.41) is 14.7. The number of rotatable bonds is 6. The van der Waals surface area contributed by atoms with Crippen LogP contribution in [0.5, 0.6) is 5.75 Å². The summed E-state index contributed by atoms with van der Waals surface area (Å²) in [5.74, 6) is 0.355. The summed E-state index contributed by atoms with van der Waals surface area (Å²) in [7, 11) is 0. The van der Waals surface area contributed by atoms with Gasteiger partial charge in [-0.25, -0.2) is 4.39 Å². The van der Waals surface area contributed by atoms with Gasteiger partial charge >= 0.3 is 5.69 Å². The molecule has 0 unspecified atom stereocenters. The zero-order chi connectivity index (χ0) is 18.5. The second-order valence-electron chi connectivity index (χ2n) is 5.52. The summed E-state index contributed by atoms with van der Waals surface area (Å²) in [4.78, 5) is 10.6. The Hall–Kier alpha value is -3.48. The Bertz CT molecular complexity index is 948. The predicted octanol–water partition coefficient (Wildman–Crippen LogP) is 4.78. The molecule has 3 aromatic rings. The Morgan fingerprint density at radius 3 is 2.65 bits per heavy atom. The number of hydrogen-bond acceptors (Lipinski definition) is 5. The van der Waals surface area contributed by atoms with Crippen LogP contribution in [0.15, 0.2) is 53.1 Å². The monoisotopic (exact) mass is 354 g/mol. The van der Waals surface area contributed by atoms with Crippen LogP contribution in [-0.2, 0) is 6.61 Å². The Morgan fingerprint density at radius 2 is 1.92 bits per heavy atom. The van der Waals surface area contributed by atoms with Gasteiger partial charge in [-0.2, -0.15) is 0 Å². The first kappa shape index (κ1) is 17.3. The lowest BCUT2D eigenvalue weighted by Gasteiger charge is -2.09.